The van der Waals surface area contributed by atoms with E-state index in [2.05, 4.69) is 31.2 Å². The highest BCUT2D eigenvalue weighted by Gasteiger charge is 2.53. The second-order valence-corrected chi connectivity index (χ2v) is 6.97. The lowest BCUT2D eigenvalue weighted by molar-refractivity contribution is -0.158. The largest absolute Gasteiger partial charge is 0.343 e. The van der Waals surface area contributed by atoms with E-state index in [9.17, 15) is 4.79 Å². The summed E-state index contributed by atoms with van der Waals surface area (Å²) in [7, 11) is 0. The van der Waals surface area contributed by atoms with Crippen molar-refractivity contribution in [1.82, 2.24) is 0 Å². The summed E-state index contributed by atoms with van der Waals surface area (Å²) in [6.45, 7) is 5.80. The Morgan fingerprint density at radius 1 is 1.21 bits per heavy atom. The summed E-state index contributed by atoms with van der Waals surface area (Å²) >= 11 is 1.72. The molecule has 2 fully saturated rings. The molecule has 3 rings (SSSR count). The molecular formula is C15H18O3S. The second-order valence-electron chi connectivity index (χ2n) is 5.66. The highest BCUT2D eigenvalue weighted by atomic mass is 32.2. The molecule has 0 spiro atoms. The van der Waals surface area contributed by atoms with Gasteiger partial charge in [-0.15, -0.1) is 11.8 Å². The number of carbonyl (C=O) groups excluding carboxylic acids is 1. The van der Waals surface area contributed by atoms with E-state index in [4.69, 9.17) is 9.47 Å². The highest BCUT2D eigenvalue weighted by molar-refractivity contribution is 8.00. The van der Waals surface area contributed by atoms with Crippen molar-refractivity contribution >= 4 is 17.5 Å². The van der Waals surface area contributed by atoms with Gasteiger partial charge in [-0.2, -0.15) is 0 Å². The Hall–Kier alpha value is -0.840. The third kappa shape index (κ3) is 2.57. The molecule has 19 heavy (non-hydrogen) atoms. The molecule has 3 atom stereocenters. The fourth-order valence-electron chi connectivity index (χ4n) is 2.64. The van der Waals surface area contributed by atoms with Gasteiger partial charge in [-0.25, -0.2) is 0 Å². The van der Waals surface area contributed by atoms with Crippen LogP contribution in [0.4, 0.5) is 0 Å². The van der Waals surface area contributed by atoms with Crippen LogP contribution in [0, 0.1) is 6.92 Å². The summed E-state index contributed by atoms with van der Waals surface area (Å²) in [5.41, 5.74) is 1.24. The first-order valence-corrected chi connectivity index (χ1v) is 7.44. The van der Waals surface area contributed by atoms with E-state index in [1.807, 2.05) is 13.8 Å². The van der Waals surface area contributed by atoms with E-state index in [0.29, 0.717) is 6.42 Å². The third-order valence-electron chi connectivity index (χ3n) is 3.52. The van der Waals surface area contributed by atoms with Crippen LogP contribution in [0.1, 0.15) is 25.8 Å². The fourth-order valence-corrected chi connectivity index (χ4v) is 3.86. The second kappa shape index (κ2) is 4.62. The van der Waals surface area contributed by atoms with E-state index in [-0.39, 0.29) is 23.2 Å². The van der Waals surface area contributed by atoms with Crippen molar-refractivity contribution in [3.05, 3.63) is 29.8 Å². The molecule has 1 aliphatic heterocycles. The molecule has 1 aliphatic carbocycles. The first-order valence-electron chi connectivity index (χ1n) is 6.56. The lowest BCUT2D eigenvalue weighted by atomic mass is 10.2. The summed E-state index contributed by atoms with van der Waals surface area (Å²) in [6, 6.07) is 8.37. The molecule has 4 heteroatoms. The van der Waals surface area contributed by atoms with Crippen molar-refractivity contribution in [2.75, 3.05) is 0 Å². The SMILES string of the molecule is Cc1ccc(SC2CC(=O)C3OC(C)(C)OC23)cc1. The van der Waals surface area contributed by atoms with E-state index in [0.717, 1.165) is 0 Å². The van der Waals surface area contributed by atoms with Gasteiger partial charge < -0.3 is 9.47 Å². The number of carbonyl (C=O) groups is 1. The van der Waals surface area contributed by atoms with Crippen LogP contribution in [0.25, 0.3) is 0 Å². The van der Waals surface area contributed by atoms with Crippen molar-refractivity contribution in [3.8, 4) is 0 Å². The number of ether oxygens (including phenoxy) is 2. The van der Waals surface area contributed by atoms with Crippen LogP contribution in [0.2, 0.25) is 0 Å². The summed E-state index contributed by atoms with van der Waals surface area (Å²) in [5.74, 6) is -0.475. The average Bonchev–Trinajstić information content (AvgIpc) is 2.79. The Kier molecular flexibility index (Phi) is 3.20. The van der Waals surface area contributed by atoms with Crippen molar-refractivity contribution in [2.24, 2.45) is 0 Å². The number of thioether (sulfide) groups is 1. The zero-order chi connectivity index (χ0) is 13.6. The quantitative estimate of drug-likeness (QED) is 0.833. The lowest BCUT2D eigenvalue weighted by Crippen LogP contribution is -2.26. The van der Waals surface area contributed by atoms with Crippen LogP contribution in [0.3, 0.4) is 0 Å². The normalized spacial score (nSPS) is 32.6. The zero-order valence-electron chi connectivity index (χ0n) is 11.4. The molecular weight excluding hydrogens is 260 g/mol. The smallest absolute Gasteiger partial charge is 0.165 e. The summed E-state index contributed by atoms with van der Waals surface area (Å²) in [4.78, 5) is 13.2. The Morgan fingerprint density at radius 3 is 2.58 bits per heavy atom. The van der Waals surface area contributed by atoms with Gasteiger partial charge in [-0.3, -0.25) is 4.79 Å². The number of aryl methyl sites for hydroxylation is 1. The van der Waals surface area contributed by atoms with Gasteiger partial charge in [0.2, 0.25) is 0 Å². The standard InChI is InChI=1S/C15H18O3S/c1-9-4-6-10(7-5-9)19-12-8-11(16)13-14(12)18-15(2,3)17-13/h4-7,12-14H,8H2,1-3H3. The number of ketones is 1. The van der Waals surface area contributed by atoms with Crippen LogP contribution in [0.15, 0.2) is 29.2 Å². The molecule has 0 amide bonds. The van der Waals surface area contributed by atoms with Gasteiger partial charge in [0.05, 0.1) is 0 Å². The maximum Gasteiger partial charge on any atom is 0.165 e. The molecule has 0 radical (unpaired) electrons. The molecule has 0 aromatic heterocycles. The number of hydrogen-bond donors (Lipinski definition) is 0. The van der Waals surface area contributed by atoms with Gasteiger partial charge in [0.1, 0.15) is 12.2 Å². The van der Waals surface area contributed by atoms with Crippen LogP contribution in [-0.2, 0) is 14.3 Å². The monoisotopic (exact) mass is 278 g/mol. The molecule has 1 saturated carbocycles. The number of hydrogen-bond acceptors (Lipinski definition) is 4. The molecule has 2 aliphatic rings. The molecule has 0 bridgehead atoms. The molecule has 1 aromatic rings. The molecule has 0 N–H and O–H groups in total. The van der Waals surface area contributed by atoms with Crippen molar-refractivity contribution in [2.45, 2.75) is 55.3 Å². The third-order valence-corrected chi connectivity index (χ3v) is 4.81. The molecule has 1 heterocycles. The first-order chi connectivity index (χ1) is 8.94. The van der Waals surface area contributed by atoms with Gasteiger partial charge in [0.15, 0.2) is 11.6 Å². The maximum atomic E-state index is 12.0. The molecule has 1 saturated heterocycles. The molecule has 1 aromatic carbocycles. The van der Waals surface area contributed by atoms with E-state index < -0.39 is 5.79 Å². The average molecular weight is 278 g/mol. The first kappa shape index (κ1) is 13.2. The number of rotatable bonds is 2. The number of fused-ring (bicyclic) bond motifs is 1. The predicted octanol–water partition coefficient (Wildman–Crippen LogP) is 2.95. The Morgan fingerprint density at radius 2 is 1.89 bits per heavy atom. The lowest BCUT2D eigenvalue weighted by Gasteiger charge is -2.21. The minimum atomic E-state index is -0.641. The minimum absolute atomic E-state index is 0.117. The number of benzene rings is 1. The van der Waals surface area contributed by atoms with Gasteiger partial charge in [-0.05, 0) is 32.9 Å². The summed E-state index contributed by atoms with van der Waals surface area (Å²) in [5, 5.41) is 0.155. The van der Waals surface area contributed by atoms with Crippen LogP contribution >= 0.6 is 11.8 Å². The van der Waals surface area contributed by atoms with Crippen molar-refractivity contribution in [1.29, 1.82) is 0 Å². The van der Waals surface area contributed by atoms with Crippen molar-refractivity contribution in [3.63, 3.8) is 0 Å². The van der Waals surface area contributed by atoms with Gasteiger partial charge >= 0.3 is 0 Å². The van der Waals surface area contributed by atoms with Crippen molar-refractivity contribution < 1.29 is 14.3 Å². The maximum absolute atomic E-state index is 12.0. The molecule has 3 unspecified atom stereocenters. The zero-order valence-corrected chi connectivity index (χ0v) is 12.2. The molecule has 3 nitrogen and oxygen atoms in total. The summed E-state index contributed by atoms with van der Waals surface area (Å²) in [6.07, 6.45) is 0.0380. The van der Waals surface area contributed by atoms with Gasteiger partial charge in [0.25, 0.3) is 0 Å². The van der Waals surface area contributed by atoms with Crippen LogP contribution < -0.4 is 0 Å². The fraction of sp³-hybridized carbons (Fsp3) is 0.533. The Bertz CT molecular complexity index is 495. The van der Waals surface area contributed by atoms with E-state index in [1.54, 1.807) is 11.8 Å². The van der Waals surface area contributed by atoms with E-state index >= 15 is 0 Å². The topological polar surface area (TPSA) is 35.5 Å². The highest BCUT2D eigenvalue weighted by Crippen LogP contribution is 2.43. The van der Waals surface area contributed by atoms with Crippen LogP contribution in [0.5, 0.6) is 0 Å². The Labute approximate surface area is 117 Å². The molecule has 102 valence electrons. The van der Waals surface area contributed by atoms with Gasteiger partial charge in [0, 0.05) is 16.6 Å². The minimum Gasteiger partial charge on any atom is -0.343 e. The van der Waals surface area contributed by atoms with Crippen LogP contribution in [-0.4, -0.2) is 29.0 Å². The van der Waals surface area contributed by atoms with Gasteiger partial charge in [-0.1, -0.05) is 17.7 Å². The predicted molar refractivity (Wildman–Crippen MR) is 74.3 cm³/mol. The Balaban J connectivity index is 1.75. The summed E-state index contributed by atoms with van der Waals surface area (Å²) < 4.78 is 11.6. The number of Topliss-reactive ketones (excluding diaryl/α,β-unsaturated/α-hetero) is 1. The van der Waals surface area contributed by atoms with E-state index in [1.165, 1.54) is 10.5 Å².